The smallest absolute Gasteiger partial charge is 0.244 e. The first-order chi connectivity index (χ1) is 10.1. The van der Waals surface area contributed by atoms with Crippen LogP contribution >= 0.6 is 11.3 Å². The van der Waals surface area contributed by atoms with Gasteiger partial charge in [0.15, 0.2) is 0 Å². The molecule has 2 heterocycles. The molecule has 0 spiro atoms. The molecule has 1 aromatic heterocycles. The summed E-state index contributed by atoms with van der Waals surface area (Å²) in [7, 11) is -3.53. The molecule has 0 bridgehead atoms. The molecule has 1 fully saturated rings. The summed E-state index contributed by atoms with van der Waals surface area (Å²) in [5.74, 6) is 0. The fourth-order valence-corrected chi connectivity index (χ4v) is 5.84. The first-order valence-electron chi connectivity index (χ1n) is 6.93. The minimum absolute atomic E-state index is 0.234. The molecule has 0 unspecified atom stereocenters. The van der Waals surface area contributed by atoms with E-state index in [1.807, 2.05) is 24.3 Å². The van der Waals surface area contributed by atoms with E-state index in [-0.39, 0.29) is 6.54 Å². The van der Waals surface area contributed by atoms with E-state index in [0.29, 0.717) is 31.2 Å². The van der Waals surface area contributed by atoms with Gasteiger partial charge in [0.1, 0.15) is 4.90 Å². The van der Waals surface area contributed by atoms with E-state index in [2.05, 4.69) is 0 Å². The lowest BCUT2D eigenvalue weighted by Crippen LogP contribution is -2.33. The standard InChI is InChI=1S/C14H18N2O3S2/c15-10-13-14(11-4-1-2-5-12(11)20-13)21(17,18)16-6-3-8-19-9-7-16/h1-2,4-5H,3,6-10,15H2. The van der Waals surface area contributed by atoms with Crippen LogP contribution in [-0.4, -0.2) is 39.0 Å². The number of hydrogen-bond donors (Lipinski definition) is 1. The minimum Gasteiger partial charge on any atom is -0.380 e. The van der Waals surface area contributed by atoms with Gasteiger partial charge >= 0.3 is 0 Å². The Morgan fingerprint density at radius 1 is 1.24 bits per heavy atom. The normalized spacial score (nSPS) is 18.0. The Morgan fingerprint density at radius 3 is 2.86 bits per heavy atom. The number of ether oxygens (including phenoxy) is 1. The molecular formula is C14H18N2O3S2. The lowest BCUT2D eigenvalue weighted by molar-refractivity contribution is 0.148. The second-order valence-electron chi connectivity index (χ2n) is 4.92. The quantitative estimate of drug-likeness (QED) is 0.933. The highest BCUT2D eigenvalue weighted by atomic mass is 32.2. The van der Waals surface area contributed by atoms with Crippen molar-refractivity contribution in [1.82, 2.24) is 4.31 Å². The minimum atomic E-state index is -3.53. The third-order valence-corrected chi connectivity index (χ3v) is 6.93. The van der Waals surface area contributed by atoms with Gasteiger partial charge in [0, 0.05) is 41.2 Å². The average molecular weight is 326 g/mol. The van der Waals surface area contributed by atoms with Crippen LogP contribution in [0.5, 0.6) is 0 Å². The summed E-state index contributed by atoms with van der Waals surface area (Å²) in [5.41, 5.74) is 5.77. The van der Waals surface area contributed by atoms with Crippen molar-refractivity contribution in [3.05, 3.63) is 29.1 Å². The highest BCUT2D eigenvalue weighted by Gasteiger charge is 2.30. The van der Waals surface area contributed by atoms with E-state index in [4.69, 9.17) is 10.5 Å². The van der Waals surface area contributed by atoms with Crippen LogP contribution in [0.2, 0.25) is 0 Å². The molecule has 1 aromatic carbocycles. The number of fused-ring (bicyclic) bond motifs is 1. The van der Waals surface area contributed by atoms with Crippen LogP contribution in [0.25, 0.3) is 10.1 Å². The van der Waals surface area contributed by atoms with Crippen LogP contribution in [0.4, 0.5) is 0 Å². The van der Waals surface area contributed by atoms with Crippen LogP contribution in [0.15, 0.2) is 29.2 Å². The molecule has 0 radical (unpaired) electrons. The Kier molecular flexibility index (Phi) is 4.28. The van der Waals surface area contributed by atoms with Gasteiger partial charge in [0.05, 0.1) is 6.61 Å². The molecule has 2 N–H and O–H groups in total. The number of sulfonamides is 1. The number of nitrogens with two attached hydrogens (primary N) is 1. The molecule has 0 aliphatic carbocycles. The topological polar surface area (TPSA) is 72.6 Å². The van der Waals surface area contributed by atoms with Gasteiger partial charge in [-0.05, 0) is 12.5 Å². The van der Waals surface area contributed by atoms with Gasteiger partial charge in [-0.1, -0.05) is 18.2 Å². The summed E-state index contributed by atoms with van der Waals surface area (Å²) in [6, 6.07) is 7.56. The van der Waals surface area contributed by atoms with Crippen molar-refractivity contribution in [1.29, 1.82) is 0 Å². The first kappa shape index (κ1) is 14.9. The maximum Gasteiger partial charge on any atom is 0.244 e. The zero-order chi connectivity index (χ0) is 14.9. The van der Waals surface area contributed by atoms with Gasteiger partial charge in [0.25, 0.3) is 0 Å². The van der Waals surface area contributed by atoms with E-state index < -0.39 is 10.0 Å². The summed E-state index contributed by atoms with van der Waals surface area (Å²) in [5, 5.41) is 0.771. The zero-order valence-corrected chi connectivity index (χ0v) is 13.3. The van der Waals surface area contributed by atoms with Gasteiger partial charge < -0.3 is 10.5 Å². The molecule has 21 heavy (non-hydrogen) atoms. The van der Waals surface area contributed by atoms with Gasteiger partial charge in [-0.3, -0.25) is 0 Å². The van der Waals surface area contributed by atoms with Crippen LogP contribution in [0, 0.1) is 0 Å². The van der Waals surface area contributed by atoms with Crippen molar-refractivity contribution in [2.24, 2.45) is 5.73 Å². The molecule has 114 valence electrons. The summed E-state index contributed by atoms with van der Waals surface area (Å²) in [6.07, 6.45) is 0.721. The maximum atomic E-state index is 13.0. The van der Waals surface area contributed by atoms with E-state index in [9.17, 15) is 8.42 Å². The molecule has 0 amide bonds. The summed E-state index contributed by atoms with van der Waals surface area (Å²) in [6.45, 7) is 2.19. The van der Waals surface area contributed by atoms with Crippen molar-refractivity contribution in [3.63, 3.8) is 0 Å². The van der Waals surface area contributed by atoms with Crippen LogP contribution in [0.1, 0.15) is 11.3 Å². The van der Waals surface area contributed by atoms with Crippen molar-refractivity contribution in [2.75, 3.05) is 26.3 Å². The zero-order valence-electron chi connectivity index (χ0n) is 11.6. The largest absolute Gasteiger partial charge is 0.380 e. The van der Waals surface area contributed by atoms with Gasteiger partial charge in [-0.25, -0.2) is 8.42 Å². The first-order valence-corrected chi connectivity index (χ1v) is 9.18. The number of thiophene rings is 1. The monoisotopic (exact) mass is 326 g/mol. The number of rotatable bonds is 3. The third kappa shape index (κ3) is 2.72. The Hall–Kier alpha value is -0.990. The predicted octanol–water partition coefficient (Wildman–Crippen LogP) is 1.77. The summed E-state index contributed by atoms with van der Waals surface area (Å²) < 4.78 is 33.9. The van der Waals surface area contributed by atoms with Crippen LogP contribution in [-0.2, 0) is 21.3 Å². The van der Waals surface area contributed by atoms with Gasteiger partial charge in [0.2, 0.25) is 10.0 Å². The Morgan fingerprint density at radius 2 is 2.05 bits per heavy atom. The third-order valence-electron chi connectivity index (χ3n) is 3.58. The summed E-state index contributed by atoms with van der Waals surface area (Å²) in [4.78, 5) is 1.11. The Bertz CT molecular complexity index is 732. The molecule has 0 saturated carbocycles. The lowest BCUT2D eigenvalue weighted by Gasteiger charge is -2.19. The molecule has 1 aliphatic heterocycles. The molecule has 0 atom stereocenters. The van der Waals surface area contributed by atoms with Crippen LogP contribution in [0.3, 0.4) is 0 Å². The molecule has 5 nitrogen and oxygen atoms in total. The fourth-order valence-electron chi connectivity index (χ4n) is 2.58. The molecule has 7 heteroatoms. The SMILES string of the molecule is NCc1sc2ccccc2c1S(=O)(=O)N1CCCOCC1. The van der Waals surface area contributed by atoms with Crippen molar-refractivity contribution in [2.45, 2.75) is 17.9 Å². The maximum absolute atomic E-state index is 13.0. The van der Waals surface area contributed by atoms with E-state index in [1.165, 1.54) is 15.6 Å². The molecule has 3 rings (SSSR count). The van der Waals surface area contributed by atoms with Crippen molar-refractivity contribution < 1.29 is 13.2 Å². The van der Waals surface area contributed by atoms with Gasteiger partial charge in [-0.2, -0.15) is 4.31 Å². The molecule has 1 saturated heterocycles. The lowest BCUT2D eigenvalue weighted by atomic mass is 10.2. The van der Waals surface area contributed by atoms with E-state index in [0.717, 1.165) is 21.4 Å². The van der Waals surface area contributed by atoms with Gasteiger partial charge in [-0.15, -0.1) is 11.3 Å². The number of benzene rings is 1. The summed E-state index contributed by atoms with van der Waals surface area (Å²) >= 11 is 1.46. The fraction of sp³-hybridized carbons (Fsp3) is 0.429. The molecule has 2 aromatic rings. The van der Waals surface area contributed by atoms with E-state index >= 15 is 0 Å². The second kappa shape index (κ2) is 6.02. The molecular weight excluding hydrogens is 308 g/mol. The Labute approximate surface area is 128 Å². The number of nitrogens with zero attached hydrogens (tertiary/aromatic N) is 1. The predicted molar refractivity (Wildman–Crippen MR) is 83.9 cm³/mol. The van der Waals surface area contributed by atoms with Crippen molar-refractivity contribution >= 4 is 31.4 Å². The Balaban J connectivity index is 2.13. The average Bonchev–Trinajstić information content (AvgIpc) is 2.66. The highest BCUT2D eigenvalue weighted by Crippen LogP contribution is 2.36. The highest BCUT2D eigenvalue weighted by molar-refractivity contribution is 7.89. The second-order valence-corrected chi connectivity index (χ2v) is 7.94. The van der Waals surface area contributed by atoms with Crippen LogP contribution < -0.4 is 5.73 Å². The van der Waals surface area contributed by atoms with E-state index in [1.54, 1.807) is 0 Å². The molecule has 1 aliphatic rings. The number of hydrogen-bond acceptors (Lipinski definition) is 5. The van der Waals surface area contributed by atoms with Crippen molar-refractivity contribution in [3.8, 4) is 0 Å².